The summed E-state index contributed by atoms with van der Waals surface area (Å²) in [5.41, 5.74) is 0.603. The molecule has 3 atom stereocenters. The molecule has 7 heteroatoms. The Balaban J connectivity index is 0.00000243. The largest absolute Gasteiger partial charge is 0.349 e. The van der Waals surface area contributed by atoms with Gasteiger partial charge in [-0.3, -0.25) is 9.48 Å². The molecule has 2 aliphatic rings. The number of carbonyl (C=O) groups is 1. The lowest BCUT2D eigenvalue weighted by atomic mass is 9.75. The molecule has 1 amide bonds. The van der Waals surface area contributed by atoms with Gasteiger partial charge in [0.2, 0.25) is 0 Å². The van der Waals surface area contributed by atoms with Crippen LogP contribution in [0.25, 0.3) is 0 Å². The number of amides is 1. The number of rotatable bonds is 5. The second-order valence-corrected chi connectivity index (χ2v) is 8.18. The molecule has 2 fully saturated rings. The highest BCUT2D eigenvalue weighted by Gasteiger charge is 2.37. The zero-order chi connectivity index (χ0) is 17.9. The Kier molecular flexibility index (Phi) is 7.50. The van der Waals surface area contributed by atoms with Crippen LogP contribution in [0, 0.1) is 5.92 Å². The number of aromatic nitrogens is 2. The molecule has 3 rings (SSSR count). The number of nitrogens with one attached hydrogen (secondary N) is 2. The summed E-state index contributed by atoms with van der Waals surface area (Å²) in [6, 6.07) is 2.21. The lowest BCUT2D eigenvalue weighted by molar-refractivity contribution is 0.0672. The van der Waals surface area contributed by atoms with Crippen LogP contribution >= 0.6 is 12.4 Å². The van der Waals surface area contributed by atoms with Crippen LogP contribution in [0.3, 0.4) is 0 Å². The van der Waals surface area contributed by atoms with E-state index in [1.165, 1.54) is 12.8 Å². The third-order valence-electron chi connectivity index (χ3n) is 6.08. The fraction of sp³-hybridized carbons (Fsp3) is 0.789. The van der Waals surface area contributed by atoms with Gasteiger partial charge in [0.15, 0.2) is 0 Å². The van der Waals surface area contributed by atoms with Crippen LogP contribution in [0.15, 0.2) is 12.3 Å². The summed E-state index contributed by atoms with van der Waals surface area (Å²) in [6.07, 6.45) is 9.04. The predicted octanol–water partition coefficient (Wildman–Crippen LogP) is 2.47. The van der Waals surface area contributed by atoms with E-state index < -0.39 is 0 Å². The number of likely N-dealkylation sites (N-methyl/N-ethyl adjacent to an activating group) is 1. The van der Waals surface area contributed by atoms with Crippen molar-refractivity contribution >= 4 is 18.3 Å². The molecule has 0 spiro atoms. The van der Waals surface area contributed by atoms with E-state index in [0.717, 1.165) is 38.8 Å². The van der Waals surface area contributed by atoms with E-state index in [9.17, 15) is 4.79 Å². The van der Waals surface area contributed by atoms with Crippen molar-refractivity contribution in [2.45, 2.75) is 57.0 Å². The molecule has 1 saturated heterocycles. The molecule has 1 aliphatic heterocycles. The van der Waals surface area contributed by atoms with Gasteiger partial charge in [-0.15, -0.1) is 12.4 Å². The Bertz CT molecular complexity index is 584. The van der Waals surface area contributed by atoms with Crippen molar-refractivity contribution in [1.82, 2.24) is 25.3 Å². The molecule has 6 nitrogen and oxygen atoms in total. The Morgan fingerprint density at radius 1 is 1.42 bits per heavy atom. The number of piperidine rings is 1. The SMILES string of the molecule is CC1CCCC(CNC(=O)c2ccn(C3CCCNC3)n2)(N(C)C)C1.Cl. The summed E-state index contributed by atoms with van der Waals surface area (Å²) in [7, 11) is 4.27. The van der Waals surface area contributed by atoms with E-state index >= 15 is 0 Å². The van der Waals surface area contributed by atoms with Gasteiger partial charge in [0.05, 0.1) is 6.04 Å². The third-order valence-corrected chi connectivity index (χ3v) is 6.08. The Morgan fingerprint density at radius 3 is 2.88 bits per heavy atom. The number of carbonyl (C=O) groups excluding carboxylic acids is 1. The third kappa shape index (κ3) is 4.78. The lowest BCUT2D eigenvalue weighted by Crippen LogP contribution is -2.55. The molecule has 2 N–H and O–H groups in total. The maximum atomic E-state index is 12.6. The Morgan fingerprint density at radius 2 is 2.23 bits per heavy atom. The first-order valence-electron chi connectivity index (χ1n) is 9.72. The van der Waals surface area contributed by atoms with Gasteiger partial charge in [-0.05, 0) is 58.3 Å². The standard InChI is InChI=1S/C19H33N5O.ClH/c1-15-6-4-9-19(12-15,23(2)3)14-21-18(25)17-8-11-24(22-17)16-7-5-10-20-13-16;/h8,11,15-16,20H,4-7,9-10,12-14H2,1-3H3,(H,21,25);1H. The first-order valence-corrected chi connectivity index (χ1v) is 9.72. The van der Waals surface area contributed by atoms with Gasteiger partial charge in [0.25, 0.3) is 5.91 Å². The van der Waals surface area contributed by atoms with E-state index in [4.69, 9.17) is 0 Å². The zero-order valence-electron chi connectivity index (χ0n) is 16.3. The molecule has 1 aromatic rings. The van der Waals surface area contributed by atoms with E-state index in [1.54, 1.807) is 0 Å². The van der Waals surface area contributed by atoms with Gasteiger partial charge in [0.1, 0.15) is 5.69 Å². The van der Waals surface area contributed by atoms with Gasteiger partial charge in [-0.25, -0.2) is 0 Å². The van der Waals surface area contributed by atoms with E-state index in [0.29, 0.717) is 24.2 Å². The normalized spacial score (nSPS) is 29.2. The lowest BCUT2D eigenvalue weighted by Gasteiger charge is -2.45. The Labute approximate surface area is 163 Å². The molecule has 0 bridgehead atoms. The summed E-state index contributed by atoms with van der Waals surface area (Å²) in [4.78, 5) is 14.9. The van der Waals surface area contributed by atoms with Crippen LogP contribution in [0.4, 0.5) is 0 Å². The monoisotopic (exact) mass is 383 g/mol. The fourth-order valence-electron chi connectivity index (χ4n) is 4.41. The maximum Gasteiger partial charge on any atom is 0.271 e. The molecule has 2 heterocycles. The summed E-state index contributed by atoms with van der Waals surface area (Å²) in [6.45, 7) is 5.03. The Hall–Kier alpha value is -1.11. The van der Waals surface area contributed by atoms with Crippen LogP contribution in [0.5, 0.6) is 0 Å². The van der Waals surface area contributed by atoms with Crippen molar-refractivity contribution < 1.29 is 4.79 Å². The van der Waals surface area contributed by atoms with E-state index in [2.05, 4.69) is 41.7 Å². The average molecular weight is 384 g/mol. The second-order valence-electron chi connectivity index (χ2n) is 8.18. The molecule has 26 heavy (non-hydrogen) atoms. The summed E-state index contributed by atoms with van der Waals surface area (Å²) in [5.74, 6) is 0.660. The van der Waals surface area contributed by atoms with Gasteiger partial charge in [-0.1, -0.05) is 19.8 Å². The van der Waals surface area contributed by atoms with Gasteiger partial charge >= 0.3 is 0 Å². The van der Waals surface area contributed by atoms with Crippen LogP contribution < -0.4 is 10.6 Å². The summed E-state index contributed by atoms with van der Waals surface area (Å²) >= 11 is 0. The van der Waals surface area contributed by atoms with Crippen molar-refractivity contribution in [2.24, 2.45) is 5.92 Å². The minimum Gasteiger partial charge on any atom is -0.349 e. The van der Waals surface area contributed by atoms with Crippen molar-refractivity contribution in [3.63, 3.8) is 0 Å². The van der Waals surface area contributed by atoms with E-state index in [-0.39, 0.29) is 23.9 Å². The highest BCUT2D eigenvalue weighted by Crippen LogP contribution is 2.35. The van der Waals surface area contributed by atoms with E-state index in [1.807, 2.05) is 16.9 Å². The van der Waals surface area contributed by atoms with Crippen LogP contribution in [0.2, 0.25) is 0 Å². The van der Waals surface area contributed by atoms with Crippen LogP contribution in [0.1, 0.15) is 62.0 Å². The molecule has 3 unspecified atom stereocenters. The molecule has 1 aliphatic carbocycles. The molecule has 0 radical (unpaired) electrons. The molecular weight excluding hydrogens is 350 g/mol. The smallest absolute Gasteiger partial charge is 0.271 e. The topological polar surface area (TPSA) is 62.2 Å². The molecule has 1 saturated carbocycles. The van der Waals surface area contributed by atoms with Crippen molar-refractivity contribution in [3.05, 3.63) is 18.0 Å². The predicted molar refractivity (Wildman–Crippen MR) is 107 cm³/mol. The number of halogens is 1. The van der Waals surface area contributed by atoms with Crippen LogP contribution in [-0.4, -0.2) is 59.9 Å². The first kappa shape index (κ1) is 21.2. The van der Waals surface area contributed by atoms with Crippen molar-refractivity contribution in [3.8, 4) is 0 Å². The van der Waals surface area contributed by atoms with Gasteiger partial charge in [0, 0.05) is 24.8 Å². The van der Waals surface area contributed by atoms with Crippen molar-refractivity contribution in [2.75, 3.05) is 33.7 Å². The first-order chi connectivity index (χ1) is 12.0. The second kappa shape index (κ2) is 9.20. The average Bonchev–Trinajstić information content (AvgIpc) is 3.10. The fourth-order valence-corrected chi connectivity index (χ4v) is 4.41. The van der Waals surface area contributed by atoms with Crippen molar-refractivity contribution in [1.29, 1.82) is 0 Å². The molecule has 148 valence electrons. The van der Waals surface area contributed by atoms with Gasteiger partial charge < -0.3 is 15.5 Å². The molecule has 1 aromatic heterocycles. The highest BCUT2D eigenvalue weighted by molar-refractivity contribution is 5.92. The highest BCUT2D eigenvalue weighted by atomic mass is 35.5. The minimum absolute atomic E-state index is 0. The van der Waals surface area contributed by atoms with Crippen LogP contribution in [-0.2, 0) is 0 Å². The number of hydrogen-bond acceptors (Lipinski definition) is 4. The number of nitrogens with zero attached hydrogens (tertiary/aromatic N) is 3. The minimum atomic E-state index is -0.0537. The quantitative estimate of drug-likeness (QED) is 0.819. The maximum absolute atomic E-state index is 12.6. The number of hydrogen-bond donors (Lipinski definition) is 2. The summed E-state index contributed by atoms with van der Waals surface area (Å²) in [5, 5.41) is 11.1. The van der Waals surface area contributed by atoms with Gasteiger partial charge in [-0.2, -0.15) is 5.10 Å². The zero-order valence-corrected chi connectivity index (χ0v) is 17.1. The summed E-state index contributed by atoms with van der Waals surface area (Å²) < 4.78 is 1.95. The molecule has 0 aromatic carbocycles. The molecular formula is C19H34ClN5O.